The van der Waals surface area contributed by atoms with Gasteiger partial charge in [0.15, 0.2) is 0 Å². The molecule has 0 aliphatic carbocycles. The Hall–Kier alpha value is -2.91. The molecule has 166 valence electrons. The molecule has 3 rings (SSSR count). The Kier molecular flexibility index (Phi) is 7.64. The molecular weight excluding hydrogens is 418 g/mol. The lowest BCUT2D eigenvalue weighted by molar-refractivity contribution is -0.114. The summed E-state index contributed by atoms with van der Waals surface area (Å²) in [6.07, 6.45) is 2.82. The maximum atomic E-state index is 12.7. The summed E-state index contributed by atoms with van der Waals surface area (Å²) in [6.45, 7) is 3.17. The minimum absolute atomic E-state index is 0.0204. The van der Waals surface area contributed by atoms with E-state index in [9.17, 15) is 18.0 Å². The first kappa shape index (κ1) is 22.8. The summed E-state index contributed by atoms with van der Waals surface area (Å²) in [7, 11) is -3.49. The summed E-state index contributed by atoms with van der Waals surface area (Å²) in [4.78, 5) is 24.1. The molecule has 0 radical (unpaired) electrons. The zero-order chi connectivity index (χ0) is 22.3. The summed E-state index contributed by atoms with van der Waals surface area (Å²) in [5.41, 5.74) is 1.64. The summed E-state index contributed by atoms with van der Waals surface area (Å²) in [6, 6.07) is 12.8. The molecule has 1 heterocycles. The highest BCUT2D eigenvalue weighted by atomic mass is 32.2. The quantitative estimate of drug-likeness (QED) is 0.605. The van der Waals surface area contributed by atoms with E-state index in [0.29, 0.717) is 36.6 Å². The number of carbonyl (C=O) groups is 2. The average molecular weight is 446 g/mol. The van der Waals surface area contributed by atoms with Crippen LogP contribution in [0.3, 0.4) is 0 Å². The Balaban J connectivity index is 1.52. The van der Waals surface area contributed by atoms with Crippen LogP contribution in [-0.4, -0.2) is 50.8 Å². The van der Waals surface area contributed by atoms with E-state index in [-0.39, 0.29) is 17.3 Å². The van der Waals surface area contributed by atoms with Crippen LogP contribution in [-0.2, 0) is 19.6 Å². The van der Waals surface area contributed by atoms with Crippen molar-refractivity contribution >= 4 is 33.3 Å². The number of ether oxygens (including phenoxy) is 1. The molecule has 0 saturated carbocycles. The number of nitrogens with one attached hydrogen (secondary N) is 2. The van der Waals surface area contributed by atoms with Gasteiger partial charge in [0.1, 0.15) is 0 Å². The third-order valence-electron chi connectivity index (χ3n) is 4.94. The number of sulfonamides is 1. The molecule has 2 N–H and O–H groups in total. The highest BCUT2D eigenvalue weighted by molar-refractivity contribution is 7.89. The number of rotatable bonds is 8. The molecule has 2 aromatic carbocycles. The first-order valence-corrected chi connectivity index (χ1v) is 11.8. The van der Waals surface area contributed by atoms with Gasteiger partial charge in [0.05, 0.1) is 23.6 Å². The van der Waals surface area contributed by atoms with E-state index in [4.69, 9.17) is 4.74 Å². The van der Waals surface area contributed by atoms with Crippen LogP contribution in [0.25, 0.3) is 0 Å². The zero-order valence-corrected chi connectivity index (χ0v) is 18.3. The van der Waals surface area contributed by atoms with Gasteiger partial charge in [-0.1, -0.05) is 6.42 Å². The van der Waals surface area contributed by atoms with Crippen molar-refractivity contribution in [2.75, 3.05) is 36.9 Å². The van der Waals surface area contributed by atoms with Crippen LogP contribution in [0.4, 0.5) is 11.4 Å². The molecule has 1 saturated heterocycles. The van der Waals surface area contributed by atoms with E-state index in [0.717, 1.165) is 19.3 Å². The zero-order valence-electron chi connectivity index (χ0n) is 17.5. The van der Waals surface area contributed by atoms with Crippen molar-refractivity contribution < 1.29 is 22.7 Å². The highest BCUT2D eigenvalue weighted by Crippen LogP contribution is 2.22. The number of amides is 1. The molecule has 0 unspecified atom stereocenters. The molecule has 31 heavy (non-hydrogen) atoms. The third kappa shape index (κ3) is 6.05. The predicted molar refractivity (Wildman–Crippen MR) is 119 cm³/mol. The van der Waals surface area contributed by atoms with E-state index < -0.39 is 16.0 Å². The van der Waals surface area contributed by atoms with E-state index >= 15 is 0 Å². The number of piperidine rings is 1. The van der Waals surface area contributed by atoms with Crippen LogP contribution < -0.4 is 10.6 Å². The lowest BCUT2D eigenvalue weighted by atomic mass is 10.2. The van der Waals surface area contributed by atoms with Crippen LogP contribution in [0.5, 0.6) is 0 Å². The molecule has 1 fully saturated rings. The second kappa shape index (κ2) is 10.4. The van der Waals surface area contributed by atoms with E-state index in [1.54, 1.807) is 43.3 Å². The van der Waals surface area contributed by atoms with Crippen LogP contribution in [0, 0.1) is 0 Å². The van der Waals surface area contributed by atoms with E-state index in [1.807, 2.05) is 0 Å². The van der Waals surface area contributed by atoms with Crippen molar-refractivity contribution in [3.05, 3.63) is 54.1 Å². The lowest BCUT2D eigenvalue weighted by Gasteiger charge is -2.25. The fourth-order valence-electron chi connectivity index (χ4n) is 3.29. The van der Waals surface area contributed by atoms with Gasteiger partial charge in [-0.3, -0.25) is 4.79 Å². The Morgan fingerprint density at radius 3 is 2.16 bits per heavy atom. The van der Waals surface area contributed by atoms with Crippen molar-refractivity contribution in [2.24, 2.45) is 0 Å². The topological polar surface area (TPSA) is 105 Å². The van der Waals surface area contributed by atoms with Gasteiger partial charge in [-0.2, -0.15) is 4.31 Å². The predicted octanol–water partition coefficient (Wildman–Crippen LogP) is 3.09. The number of carbonyl (C=O) groups excluding carboxylic acids is 2. The standard InChI is InChI=1S/C22H27N3O5S/c1-2-30-22(27)17-6-8-18(9-7-17)23-16-21(26)24-19-10-12-20(13-11-19)31(28,29)25-14-4-3-5-15-25/h6-13,23H,2-5,14-16H2,1H3,(H,24,26). The number of esters is 1. The van der Waals surface area contributed by atoms with Gasteiger partial charge in [0, 0.05) is 24.5 Å². The Bertz CT molecular complexity index is 998. The summed E-state index contributed by atoms with van der Waals surface area (Å²) in [5, 5.41) is 5.71. The number of nitrogens with zero attached hydrogens (tertiary/aromatic N) is 1. The molecule has 1 aliphatic heterocycles. The number of hydrogen-bond acceptors (Lipinski definition) is 6. The number of anilines is 2. The number of benzene rings is 2. The Labute approximate surface area is 182 Å². The fourth-order valence-corrected chi connectivity index (χ4v) is 4.81. The molecular formula is C22H27N3O5S. The first-order valence-electron chi connectivity index (χ1n) is 10.3. The maximum absolute atomic E-state index is 12.7. The monoisotopic (exact) mass is 445 g/mol. The Morgan fingerprint density at radius 2 is 1.55 bits per heavy atom. The molecule has 0 bridgehead atoms. The summed E-state index contributed by atoms with van der Waals surface area (Å²) < 4.78 is 31.8. The van der Waals surface area contributed by atoms with Gasteiger partial charge in [-0.15, -0.1) is 0 Å². The van der Waals surface area contributed by atoms with E-state index in [2.05, 4.69) is 10.6 Å². The first-order chi connectivity index (χ1) is 14.9. The molecule has 2 aromatic rings. The highest BCUT2D eigenvalue weighted by Gasteiger charge is 2.25. The summed E-state index contributed by atoms with van der Waals surface area (Å²) >= 11 is 0. The molecule has 0 atom stereocenters. The van der Waals surface area contributed by atoms with Gasteiger partial charge in [-0.05, 0) is 68.3 Å². The van der Waals surface area contributed by atoms with Gasteiger partial charge >= 0.3 is 5.97 Å². The van der Waals surface area contributed by atoms with Crippen LogP contribution in [0.15, 0.2) is 53.4 Å². The van der Waals surface area contributed by atoms with E-state index in [1.165, 1.54) is 16.4 Å². The van der Waals surface area contributed by atoms with Crippen molar-refractivity contribution in [2.45, 2.75) is 31.1 Å². The SMILES string of the molecule is CCOC(=O)c1ccc(NCC(=O)Nc2ccc(S(=O)(=O)N3CCCCC3)cc2)cc1. The van der Waals surface area contributed by atoms with Crippen LogP contribution in [0.2, 0.25) is 0 Å². The minimum Gasteiger partial charge on any atom is -0.462 e. The van der Waals surface area contributed by atoms with Crippen molar-refractivity contribution in [1.29, 1.82) is 0 Å². The van der Waals surface area contributed by atoms with Crippen LogP contribution >= 0.6 is 0 Å². The van der Waals surface area contributed by atoms with Gasteiger partial charge in [0.2, 0.25) is 15.9 Å². The third-order valence-corrected chi connectivity index (χ3v) is 6.85. The molecule has 1 amide bonds. The molecule has 9 heteroatoms. The smallest absolute Gasteiger partial charge is 0.338 e. The fraction of sp³-hybridized carbons (Fsp3) is 0.364. The number of hydrogen-bond donors (Lipinski definition) is 2. The molecule has 8 nitrogen and oxygen atoms in total. The molecule has 0 aromatic heterocycles. The maximum Gasteiger partial charge on any atom is 0.338 e. The molecule has 1 aliphatic rings. The van der Waals surface area contributed by atoms with Gasteiger partial charge < -0.3 is 15.4 Å². The van der Waals surface area contributed by atoms with Crippen LogP contribution in [0.1, 0.15) is 36.5 Å². The van der Waals surface area contributed by atoms with Crippen molar-refractivity contribution in [1.82, 2.24) is 4.31 Å². The largest absolute Gasteiger partial charge is 0.462 e. The van der Waals surface area contributed by atoms with Crippen molar-refractivity contribution in [3.8, 4) is 0 Å². The van der Waals surface area contributed by atoms with Crippen molar-refractivity contribution in [3.63, 3.8) is 0 Å². The average Bonchev–Trinajstić information content (AvgIpc) is 2.79. The molecule has 0 spiro atoms. The Morgan fingerprint density at radius 1 is 0.935 bits per heavy atom. The minimum atomic E-state index is -3.49. The van der Waals surface area contributed by atoms with Gasteiger partial charge in [0.25, 0.3) is 0 Å². The lowest BCUT2D eigenvalue weighted by Crippen LogP contribution is -2.35. The van der Waals surface area contributed by atoms with Gasteiger partial charge in [-0.25, -0.2) is 13.2 Å². The second-order valence-corrected chi connectivity index (χ2v) is 9.13. The second-order valence-electron chi connectivity index (χ2n) is 7.19. The summed E-state index contributed by atoms with van der Waals surface area (Å²) in [5.74, 6) is -0.668. The normalized spacial score (nSPS) is 14.6.